The highest BCUT2D eigenvalue weighted by Crippen LogP contribution is 2.32. The zero-order valence-corrected chi connectivity index (χ0v) is 5.95. The van der Waals surface area contributed by atoms with Crippen LogP contribution < -0.4 is 5.73 Å². The summed E-state index contributed by atoms with van der Waals surface area (Å²) in [4.78, 5) is 1.50. The maximum absolute atomic E-state index is 5.80. The molecule has 48 valence electrons. The van der Waals surface area contributed by atoms with E-state index in [2.05, 4.69) is 11.4 Å². The van der Waals surface area contributed by atoms with E-state index in [1.54, 1.807) is 0 Å². The SMILES string of the molecule is N[C@@H]1CCc2sccc21. The van der Waals surface area contributed by atoms with E-state index < -0.39 is 0 Å². The fourth-order valence-electron chi connectivity index (χ4n) is 1.33. The summed E-state index contributed by atoms with van der Waals surface area (Å²) in [5.41, 5.74) is 7.19. The highest BCUT2D eigenvalue weighted by Gasteiger charge is 2.18. The summed E-state index contributed by atoms with van der Waals surface area (Å²) in [5, 5.41) is 2.13. The van der Waals surface area contributed by atoms with Gasteiger partial charge in [0.2, 0.25) is 0 Å². The fraction of sp³-hybridized carbons (Fsp3) is 0.429. The molecule has 1 atom stereocenters. The molecule has 2 rings (SSSR count). The molecule has 1 heterocycles. The van der Waals surface area contributed by atoms with Crippen LogP contribution in [0.4, 0.5) is 0 Å². The van der Waals surface area contributed by atoms with Crippen molar-refractivity contribution in [2.75, 3.05) is 0 Å². The molecule has 1 aromatic rings. The number of rotatable bonds is 0. The zero-order valence-electron chi connectivity index (χ0n) is 5.13. The van der Waals surface area contributed by atoms with E-state index in [1.807, 2.05) is 11.3 Å². The van der Waals surface area contributed by atoms with E-state index in [0.717, 1.165) is 6.42 Å². The minimum absolute atomic E-state index is 0.339. The van der Waals surface area contributed by atoms with Gasteiger partial charge in [-0.1, -0.05) is 0 Å². The van der Waals surface area contributed by atoms with Crippen LogP contribution in [0.2, 0.25) is 0 Å². The number of thiophene rings is 1. The van der Waals surface area contributed by atoms with Crippen molar-refractivity contribution in [3.05, 3.63) is 21.9 Å². The molecule has 0 saturated carbocycles. The van der Waals surface area contributed by atoms with Crippen LogP contribution >= 0.6 is 11.3 Å². The van der Waals surface area contributed by atoms with Crippen molar-refractivity contribution in [1.29, 1.82) is 0 Å². The lowest BCUT2D eigenvalue weighted by atomic mass is 10.2. The van der Waals surface area contributed by atoms with Gasteiger partial charge in [0.15, 0.2) is 0 Å². The molecule has 0 bridgehead atoms. The number of hydrogen-bond acceptors (Lipinski definition) is 2. The maximum Gasteiger partial charge on any atom is 0.0309 e. The van der Waals surface area contributed by atoms with Crippen molar-refractivity contribution in [2.45, 2.75) is 18.9 Å². The van der Waals surface area contributed by atoms with E-state index >= 15 is 0 Å². The molecule has 0 amide bonds. The molecular weight excluding hydrogens is 130 g/mol. The predicted molar refractivity (Wildman–Crippen MR) is 39.6 cm³/mol. The van der Waals surface area contributed by atoms with E-state index in [4.69, 9.17) is 5.73 Å². The Hall–Kier alpha value is -0.340. The summed E-state index contributed by atoms with van der Waals surface area (Å²) in [6.07, 6.45) is 2.36. The summed E-state index contributed by atoms with van der Waals surface area (Å²) in [5.74, 6) is 0. The molecule has 0 unspecified atom stereocenters. The Morgan fingerprint density at radius 1 is 1.67 bits per heavy atom. The van der Waals surface area contributed by atoms with Gasteiger partial charge in [0.1, 0.15) is 0 Å². The third-order valence-electron chi connectivity index (χ3n) is 1.86. The van der Waals surface area contributed by atoms with Crippen LogP contribution in [-0.4, -0.2) is 0 Å². The summed E-state index contributed by atoms with van der Waals surface area (Å²) < 4.78 is 0. The second-order valence-corrected chi connectivity index (χ2v) is 3.44. The molecule has 0 aromatic carbocycles. The van der Waals surface area contributed by atoms with Gasteiger partial charge < -0.3 is 5.73 Å². The van der Waals surface area contributed by atoms with Crippen LogP contribution in [0.3, 0.4) is 0 Å². The van der Waals surface area contributed by atoms with E-state index in [-0.39, 0.29) is 0 Å². The largest absolute Gasteiger partial charge is 0.324 e. The first-order chi connectivity index (χ1) is 4.38. The standard InChI is InChI=1S/C7H9NS/c8-6-1-2-7-5(6)3-4-9-7/h3-4,6H,1-2,8H2/t6-/m1/s1. The Morgan fingerprint density at radius 2 is 2.56 bits per heavy atom. The first kappa shape index (κ1) is 5.45. The second kappa shape index (κ2) is 1.82. The second-order valence-electron chi connectivity index (χ2n) is 2.44. The third-order valence-corrected chi connectivity index (χ3v) is 2.86. The Bertz CT molecular complexity index is 216. The van der Waals surface area contributed by atoms with Gasteiger partial charge >= 0.3 is 0 Å². The first-order valence-electron chi connectivity index (χ1n) is 3.20. The number of fused-ring (bicyclic) bond motifs is 1. The van der Waals surface area contributed by atoms with E-state index in [1.165, 1.54) is 16.9 Å². The average Bonchev–Trinajstić information content (AvgIpc) is 2.35. The molecule has 2 heteroatoms. The highest BCUT2D eigenvalue weighted by molar-refractivity contribution is 7.10. The lowest BCUT2D eigenvalue weighted by molar-refractivity contribution is 0.713. The summed E-state index contributed by atoms with van der Waals surface area (Å²) in [6.45, 7) is 0. The first-order valence-corrected chi connectivity index (χ1v) is 4.08. The van der Waals surface area contributed by atoms with Gasteiger partial charge in [-0.2, -0.15) is 0 Å². The average molecular weight is 139 g/mol. The van der Waals surface area contributed by atoms with Crippen LogP contribution in [0.15, 0.2) is 11.4 Å². The lowest BCUT2D eigenvalue weighted by Crippen LogP contribution is -2.03. The van der Waals surface area contributed by atoms with Crippen LogP contribution in [0.5, 0.6) is 0 Å². The lowest BCUT2D eigenvalue weighted by Gasteiger charge is -1.97. The molecule has 1 aromatic heterocycles. The molecule has 0 aliphatic heterocycles. The Balaban J connectivity index is 2.49. The van der Waals surface area contributed by atoms with Gasteiger partial charge in [-0.05, 0) is 29.9 Å². The Labute approximate surface area is 58.5 Å². The molecule has 1 nitrogen and oxygen atoms in total. The van der Waals surface area contributed by atoms with Gasteiger partial charge in [0, 0.05) is 10.9 Å². The van der Waals surface area contributed by atoms with Crippen LogP contribution in [0.1, 0.15) is 22.9 Å². The van der Waals surface area contributed by atoms with E-state index in [9.17, 15) is 0 Å². The number of aryl methyl sites for hydroxylation is 1. The van der Waals surface area contributed by atoms with Crippen molar-refractivity contribution in [3.8, 4) is 0 Å². The van der Waals surface area contributed by atoms with Gasteiger partial charge in [-0.25, -0.2) is 0 Å². The Morgan fingerprint density at radius 3 is 3.33 bits per heavy atom. The zero-order chi connectivity index (χ0) is 6.27. The fourth-order valence-corrected chi connectivity index (χ4v) is 2.30. The smallest absolute Gasteiger partial charge is 0.0309 e. The topological polar surface area (TPSA) is 26.0 Å². The van der Waals surface area contributed by atoms with Crippen molar-refractivity contribution >= 4 is 11.3 Å². The number of nitrogens with two attached hydrogens (primary N) is 1. The van der Waals surface area contributed by atoms with Crippen molar-refractivity contribution in [1.82, 2.24) is 0 Å². The molecule has 0 saturated heterocycles. The third kappa shape index (κ3) is 0.705. The summed E-state index contributed by atoms with van der Waals surface area (Å²) in [6, 6.07) is 2.49. The maximum atomic E-state index is 5.80. The van der Waals surface area contributed by atoms with Crippen molar-refractivity contribution < 1.29 is 0 Å². The molecular formula is C7H9NS. The molecule has 1 aliphatic rings. The Kier molecular flexibility index (Phi) is 1.10. The monoisotopic (exact) mass is 139 g/mol. The minimum Gasteiger partial charge on any atom is -0.324 e. The minimum atomic E-state index is 0.339. The molecule has 9 heavy (non-hydrogen) atoms. The van der Waals surface area contributed by atoms with Crippen molar-refractivity contribution in [3.63, 3.8) is 0 Å². The van der Waals surface area contributed by atoms with Crippen LogP contribution in [0.25, 0.3) is 0 Å². The van der Waals surface area contributed by atoms with E-state index in [0.29, 0.717) is 6.04 Å². The molecule has 0 fully saturated rings. The highest BCUT2D eigenvalue weighted by atomic mass is 32.1. The molecule has 0 radical (unpaired) electrons. The molecule has 1 aliphatic carbocycles. The summed E-state index contributed by atoms with van der Waals surface area (Å²) >= 11 is 1.84. The summed E-state index contributed by atoms with van der Waals surface area (Å²) in [7, 11) is 0. The van der Waals surface area contributed by atoms with Gasteiger partial charge in [-0.3, -0.25) is 0 Å². The quantitative estimate of drug-likeness (QED) is 0.581. The van der Waals surface area contributed by atoms with Gasteiger partial charge in [0.25, 0.3) is 0 Å². The molecule has 2 N–H and O–H groups in total. The predicted octanol–water partition coefficient (Wildman–Crippen LogP) is 1.69. The van der Waals surface area contributed by atoms with Crippen LogP contribution in [0, 0.1) is 0 Å². The van der Waals surface area contributed by atoms with Gasteiger partial charge in [-0.15, -0.1) is 11.3 Å². The molecule has 0 spiro atoms. The van der Waals surface area contributed by atoms with Gasteiger partial charge in [0.05, 0.1) is 0 Å². The van der Waals surface area contributed by atoms with Crippen LogP contribution in [-0.2, 0) is 6.42 Å². The number of hydrogen-bond donors (Lipinski definition) is 1. The van der Waals surface area contributed by atoms with Crippen molar-refractivity contribution in [2.24, 2.45) is 5.73 Å². The normalized spacial score (nSPS) is 24.3.